The van der Waals surface area contributed by atoms with Crippen molar-refractivity contribution < 1.29 is 19.2 Å². The van der Waals surface area contributed by atoms with E-state index in [1.54, 1.807) is 18.2 Å². The number of rotatable bonds is 11. The van der Waals surface area contributed by atoms with Gasteiger partial charge in [0.25, 0.3) is 0 Å². The molecule has 3 atom stereocenters. The Balaban J connectivity index is 1.43. The van der Waals surface area contributed by atoms with E-state index in [0.717, 1.165) is 11.1 Å². The molecule has 6 N–H and O–H groups in total. The van der Waals surface area contributed by atoms with Crippen LogP contribution in [0.15, 0.2) is 48.5 Å². The Morgan fingerprint density at radius 2 is 1.90 bits per heavy atom. The molecule has 13 nitrogen and oxygen atoms in total. The molecule has 4 rings (SSSR count). The maximum Gasteiger partial charge on any atom is 0.247 e. The zero-order valence-corrected chi connectivity index (χ0v) is 22.4. The number of nitrogens with one attached hydrogen (secondary N) is 4. The van der Waals surface area contributed by atoms with Crippen LogP contribution in [0.4, 0.5) is 11.4 Å². The lowest BCUT2D eigenvalue weighted by Gasteiger charge is -2.27. The summed E-state index contributed by atoms with van der Waals surface area (Å²) >= 11 is 0. The summed E-state index contributed by atoms with van der Waals surface area (Å²) in [6, 6.07) is 12.7. The highest BCUT2D eigenvalue weighted by atomic mass is 16.2. The number of nitrogen functional groups attached to an aromatic ring is 1. The van der Waals surface area contributed by atoms with Crippen LogP contribution in [-0.4, -0.2) is 62.9 Å². The number of nitrogens with zero attached hydrogens (tertiary/aromatic N) is 4. The Kier molecular flexibility index (Phi) is 9.04. The molecule has 0 saturated heterocycles. The molecule has 1 aromatic heterocycles. The van der Waals surface area contributed by atoms with Gasteiger partial charge in [-0.05, 0) is 29.2 Å². The van der Waals surface area contributed by atoms with Crippen molar-refractivity contribution in [2.75, 3.05) is 17.2 Å². The molecule has 0 radical (unpaired) electrons. The molecule has 210 valence electrons. The molecule has 1 aliphatic rings. The number of amides is 4. The van der Waals surface area contributed by atoms with Gasteiger partial charge in [-0.2, -0.15) is 5.21 Å². The van der Waals surface area contributed by atoms with E-state index in [9.17, 15) is 19.2 Å². The average molecular weight is 548 g/mol. The lowest BCUT2D eigenvalue weighted by molar-refractivity contribution is -0.131. The maximum atomic E-state index is 13.5. The normalized spacial score (nSPS) is 15.6. The van der Waals surface area contributed by atoms with Gasteiger partial charge in [-0.3, -0.25) is 24.1 Å². The molecule has 0 fully saturated rings. The van der Waals surface area contributed by atoms with Crippen LogP contribution in [-0.2, 0) is 38.6 Å². The number of carbonyl (C=O) groups is 4. The van der Waals surface area contributed by atoms with E-state index in [0.29, 0.717) is 23.6 Å². The van der Waals surface area contributed by atoms with Crippen LogP contribution in [0.2, 0.25) is 0 Å². The summed E-state index contributed by atoms with van der Waals surface area (Å²) in [6.07, 6.45) is 1.05. The predicted molar refractivity (Wildman–Crippen MR) is 146 cm³/mol. The predicted octanol–water partition coefficient (Wildman–Crippen LogP) is 0.246. The summed E-state index contributed by atoms with van der Waals surface area (Å²) < 4.78 is 0. The van der Waals surface area contributed by atoms with Gasteiger partial charge in [0, 0.05) is 17.8 Å². The van der Waals surface area contributed by atoms with Crippen molar-refractivity contribution in [1.29, 1.82) is 0 Å². The Morgan fingerprint density at radius 1 is 1.12 bits per heavy atom. The summed E-state index contributed by atoms with van der Waals surface area (Å²) in [5.41, 5.74) is 8.52. The van der Waals surface area contributed by atoms with Gasteiger partial charge in [0.15, 0.2) is 5.82 Å². The molecule has 2 aromatic carbocycles. The monoisotopic (exact) mass is 547 g/mol. The molecule has 0 unspecified atom stereocenters. The van der Waals surface area contributed by atoms with Crippen LogP contribution in [0, 0.1) is 5.92 Å². The zero-order valence-electron chi connectivity index (χ0n) is 22.4. The van der Waals surface area contributed by atoms with E-state index in [-0.39, 0.29) is 37.8 Å². The standard InChI is InChI=1S/C27H33N9O4/c1-3-16(2)25(31-23(37)11-17-7-5-4-6-8-17)27(40)30-15-24(38)36-20-13-19(28)10-9-18(20)12-21(36)26(39)29-14-22-32-34-35-33-22/h4-10,13,16,21,25H,3,11-12,14-15,28H2,1-2H3,(H,29,39)(H,30,40)(H,31,37)(H,32,33,34,35)/t16-,21-,25-/m0/s1. The largest absolute Gasteiger partial charge is 0.399 e. The number of hydrogen-bond acceptors (Lipinski definition) is 8. The second kappa shape index (κ2) is 12.8. The fourth-order valence-electron chi connectivity index (χ4n) is 4.57. The minimum absolute atomic E-state index is 0.0301. The Morgan fingerprint density at radius 3 is 2.60 bits per heavy atom. The summed E-state index contributed by atoms with van der Waals surface area (Å²) in [7, 11) is 0. The van der Waals surface area contributed by atoms with Crippen LogP contribution >= 0.6 is 0 Å². The number of hydrogen-bond donors (Lipinski definition) is 5. The van der Waals surface area contributed by atoms with E-state index in [4.69, 9.17) is 5.73 Å². The van der Waals surface area contributed by atoms with Crippen molar-refractivity contribution in [3.8, 4) is 0 Å². The highest BCUT2D eigenvalue weighted by Gasteiger charge is 2.39. The van der Waals surface area contributed by atoms with Crippen LogP contribution < -0.4 is 26.6 Å². The molecule has 0 aliphatic carbocycles. The molecule has 4 amide bonds. The summed E-state index contributed by atoms with van der Waals surface area (Å²) in [6.45, 7) is 3.44. The Hall–Kier alpha value is -4.81. The van der Waals surface area contributed by atoms with E-state index in [1.807, 2.05) is 44.2 Å². The molecular formula is C27H33N9O4. The summed E-state index contributed by atoms with van der Waals surface area (Å²) in [5, 5.41) is 21.6. The van der Waals surface area contributed by atoms with Crippen LogP contribution in [0.5, 0.6) is 0 Å². The van der Waals surface area contributed by atoms with Crippen LogP contribution in [0.1, 0.15) is 37.2 Å². The molecule has 0 bridgehead atoms. The molecule has 2 heterocycles. The number of anilines is 2. The first-order valence-corrected chi connectivity index (χ1v) is 13.1. The number of carbonyl (C=O) groups excluding carboxylic acids is 4. The molecule has 0 saturated carbocycles. The van der Waals surface area contributed by atoms with E-state index in [2.05, 4.69) is 36.6 Å². The van der Waals surface area contributed by atoms with Gasteiger partial charge in [-0.15, -0.1) is 10.2 Å². The van der Waals surface area contributed by atoms with Gasteiger partial charge in [-0.25, -0.2) is 0 Å². The quantitative estimate of drug-likeness (QED) is 0.211. The van der Waals surface area contributed by atoms with E-state index in [1.165, 1.54) is 4.90 Å². The number of aromatic amines is 1. The van der Waals surface area contributed by atoms with Gasteiger partial charge >= 0.3 is 0 Å². The van der Waals surface area contributed by atoms with Gasteiger partial charge in [0.2, 0.25) is 23.6 Å². The number of tetrazole rings is 1. The third kappa shape index (κ3) is 6.79. The lowest BCUT2D eigenvalue weighted by Crippen LogP contribution is -2.54. The first-order valence-electron chi connectivity index (χ1n) is 13.1. The highest BCUT2D eigenvalue weighted by Crippen LogP contribution is 2.34. The third-order valence-electron chi connectivity index (χ3n) is 6.91. The molecule has 1 aliphatic heterocycles. The molecule has 3 aromatic rings. The summed E-state index contributed by atoms with van der Waals surface area (Å²) in [4.78, 5) is 53.8. The molecule has 0 spiro atoms. The minimum Gasteiger partial charge on any atom is -0.399 e. The number of benzene rings is 2. The second-order valence-electron chi connectivity index (χ2n) is 9.73. The number of aromatic nitrogens is 4. The Bertz CT molecular complexity index is 1350. The van der Waals surface area contributed by atoms with Crippen LogP contribution in [0.3, 0.4) is 0 Å². The molecule has 40 heavy (non-hydrogen) atoms. The van der Waals surface area contributed by atoms with Crippen molar-refractivity contribution in [2.24, 2.45) is 5.92 Å². The van der Waals surface area contributed by atoms with E-state index < -0.39 is 29.8 Å². The van der Waals surface area contributed by atoms with Gasteiger partial charge in [-0.1, -0.05) is 61.9 Å². The first kappa shape index (κ1) is 28.2. The topological polar surface area (TPSA) is 188 Å². The SMILES string of the molecule is CC[C@H](C)[C@H](NC(=O)Cc1ccccc1)C(=O)NCC(=O)N1c2cc(N)ccc2C[C@H]1C(=O)NCc1nn[nH]n1. The van der Waals surface area contributed by atoms with E-state index >= 15 is 0 Å². The zero-order chi connectivity index (χ0) is 28.6. The van der Waals surface area contributed by atoms with Crippen molar-refractivity contribution in [2.45, 2.75) is 51.7 Å². The number of H-pyrrole nitrogens is 1. The smallest absolute Gasteiger partial charge is 0.247 e. The van der Waals surface area contributed by atoms with Crippen molar-refractivity contribution >= 4 is 35.0 Å². The number of fused-ring (bicyclic) bond motifs is 1. The molecular weight excluding hydrogens is 514 g/mol. The Labute approximate surface area is 231 Å². The maximum absolute atomic E-state index is 13.5. The van der Waals surface area contributed by atoms with Gasteiger partial charge in [0.1, 0.15) is 12.1 Å². The average Bonchev–Trinajstić information content (AvgIpc) is 3.61. The second-order valence-corrected chi connectivity index (χ2v) is 9.73. The lowest BCUT2D eigenvalue weighted by atomic mass is 9.98. The summed E-state index contributed by atoms with van der Waals surface area (Å²) in [5.74, 6) is -1.55. The van der Waals surface area contributed by atoms with Crippen molar-refractivity contribution in [3.05, 3.63) is 65.5 Å². The minimum atomic E-state index is -0.857. The highest BCUT2D eigenvalue weighted by molar-refractivity contribution is 6.05. The van der Waals surface area contributed by atoms with Gasteiger partial charge in [0.05, 0.1) is 19.5 Å². The third-order valence-corrected chi connectivity index (χ3v) is 6.91. The fraction of sp³-hybridized carbons (Fsp3) is 0.370. The van der Waals surface area contributed by atoms with Crippen molar-refractivity contribution in [1.82, 2.24) is 36.6 Å². The van der Waals surface area contributed by atoms with Crippen LogP contribution in [0.25, 0.3) is 0 Å². The number of nitrogens with two attached hydrogens (primary N) is 1. The molecule has 13 heteroatoms. The van der Waals surface area contributed by atoms with Crippen molar-refractivity contribution in [3.63, 3.8) is 0 Å². The first-order chi connectivity index (χ1) is 19.3. The fourth-order valence-corrected chi connectivity index (χ4v) is 4.57. The van der Waals surface area contributed by atoms with Gasteiger partial charge < -0.3 is 21.7 Å².